The van der Waals surface area contributed by atoms with Gasteiger partial charge in [0.15, 0.2) is 5.78 Å². The molecule has 1 unspecified atom stereocenters. The van der Waals surface area contributed by atoms with Crippen LogP contribution in [-0.4, -0.2) is 28.9 Å². The van der Waals surface area contributed by atoms with Crippen LogP contribution >= 0.6 is 0 Å². The number of hydrogen-bond acceptors (Lipinski definition) is 5. The Bertz CT molecular complexity index is 832. The number of rotatable bonds is 0. The summed E-state index contributed by atoms with van der Waals surface area (Å²) >= 11 is 0. The number of nitrogens with zero attached hydrogens (tertiary/aromatic N) is 1. The summed E-state index contributed by atoms with van der Waals surface area (Å²) in [4.78, 5) is 42.1. The highest BCUT2D eigenvalue weighted by Crippen LogP contribution is 2.44. The topological polar surface area (TPSA) is 76.1 Å². The summed E-state index contributed by atoms with van der Waals surface area (Å²) in [7, 11) is 0. The first-order valence-electron chi connectivity index (χ1n) is 7.08. The van der Waals surface area contributed by atoms with Crippen LogP contribution in [-0.2, 0) is 4.79 Å². The molecule has 0 fully saturated rings. The minimum Gasteiger partial charge on any atom is -0.381 e. The van der Waals surface area contributed by atoms with Crippen LogP contribution in [0.3, 0.4) is 0 Å². The highest BCUT2D eigenvalue weighted by molar-refractivity contribution is 6.28. The van der Waals surface area contributed by atoms with E-state index in [0.29, 0.717) is 18.5 Å². The Hall–Kier alpha value is -2.82. The fourth-order valence-electron chi connectivity index (χ4n) is 3.36. The lowest BCUT2D eigenvalue weighted by Gasteiger charge is -2.38. The van der Waals surface area contributed by atoms with Crippen LogP contribution in [0.4, 0.5) is 0 Å². The molecule has 1 N–H and O–H groups in total. The lowest BCUT2D eigenvalue weighted by molar-refractivity contribution is -0.120. The maximum absolute atomic E-state index is 12.9. The number of hydrogen-bond donors (Lipinski definition) is 1. The van der Waals surface area contributed by atoms with Crippen molar-refractivity contribution in [1.82, 2.24) is 10.3 Å². The van der Waals surface area contributed by atoms with E-state index in [2.05, 4.69) is 10.3 Å². The average Bonchev–Trinajstić information content (AvgIpc) is 2.55. The number of nitrogens with one attached hydrogen (secondary N) is 1. The predicted octanol–water partition coefficient (Wildman–Crippen LogP) is 1.39. The molecular weight excluding hydrogens is 280 g/mol. The monoisotopic (exact) mass is 292 g/mol. The summed E-state index contributed by atoms with van der Waals surface area (Å²) in [6, 6.07) is 3.22. The van der Waals surface area contributed by atoms with E-state index in [-0.39, 0.29) is 34.3 Å². The molecule has 1 aliphatic heterocycles. The summed E-state index contributed by atoms with van der Waals surface area (Å²) in [6.45, 7) is 0.470. The normalized spacial score (nSPS) is 26.1. The number of ketones is 3. The molecule has 0 saturated heterocycles. The van der Waals surface area contributed by atoms with Crippen molar-refractivity contribution in [2.24, 2.45) is 5.41 Å². The second-order valence-corrected chi connectivity index (χ2v) is 5.54. The minimum absolute atomic E-state index is 0.130. The maximum Gasteiger partial charge on any atom is 0.211 e. The first kappa shape index (κ1) is 12.9. The van der Waals surface area contributed by atoms with Crippen molar-refractivity contribution in [1.29, 1.82) is 0 Å². The fourth-order valence-corrected chi connectivity index (χ4v) is 3.36. The van der Waals surface area contributed by atoms with Gasteiger partial charge in [0.1, 0.15) is 5.69 Å². The van der Waals surface area contributed by atoms with Gasteiger partial charge in [0.2, 0.25) is 11.6 Å². The van der Waals surface area contributed by atoms with Gasteiger partial charge in [-0.1, -0.05) is 18.2 Å². The van der Waals surface area contributed by atoms with E-state index in [0.717, 1.165) is 0 Å². The van der Waals surface area contributed by atoms with E-state index in [1.165, 1.54) is 12.3 Å². The molecule has 108 valence electrons. The molecule has 5 nitrogen and oxygen atoms in total. The molecular formula is C17H12N2O3. The lowest BCUT2D eigenvalue weighted by atomic mass is 9.65. The van der Waals surface area contributed by atoms with Crippen molar-refractivity contribution in [2.45, 2.75) is 6.42 Å². The number of pyridine rings is 1. The van der Waals surface area contributed by atoms with Gasteiger partial charge in [-0.15, -0.1) is 0 Å². The van der Waals surface area contributed by atoms with Crippen molar-refractivity contribution in [3.63, 3.8) is 0 Å². The van der Waals surface area contributed by atoms with Crippen LogP contribution in [0.25, 0.3) is 0 Å². The Morgan fingerprint density at radius 2 is 2.00 bits per heavy atom. The van der Waals surface area contributed by atoms with Crippen molar-refractivity contribution in [3.05, 3.63) is 65.2 Å². The molecule has 3 aliphatic rings. The highest BCUT2D eigenvalue weighted by atomic mass is 16.1. The number of aromatic nitrogens is 1. The van der Waals surface area contributed by atoms with Gasteiger partial charge in [0.25, 0.3) is 0 Å². The van der Waals surface area contributed by atoms with Crippen LogP contribution in [0.5, 0.6) is 0 Å². The molecule has 1 aromatic rings. The Labute approximate surface area is 126 Å². The van der Waals surface area contributed by atoms with Crippen molar-refractivity contribution in [3.8, 4) is 0 Å². The molecule has 2 aliphatic carbocycles. The van der Waals surface area contributed by atoms with E-state index < -0.39 is 5.41 Å². The van der Waals surface area contributed by atoms with E-state index in [9.17, 15) is 14.4 Å². The van der Waals surface area contributed by atoms with Gasteiger partial charge in [0, 0.05) is 18.3 Å². The van der Waals surface area contributed by atoms with Crippen molar-refractivity contribution in [2.75, 3.05) is 6.54 Å². The van der Waals surface area contributed by atoms with Gasteiger partial charge in [-0.05, 0) is 24.6 Å². The minimum atomic E-state index is -1.04. The van der Waals surface area contributed by atoms with Crippen LogP contribution in [0.15, 0.2) is 53.9 Å². The van der Waals surface area contributed by atoms with Gasteiger partial charge in [-0.25, -0.2) is 0 Å². The average molecular weight is 292 g/mol. The standard InChI is InChI=1S/C17H12N2O3/c20-11-5-1-2-6-17(11)7-9-19-14-12(17)16(22)13-10(15(14)21)4-3-8-18-13/h1-6,8,19H,7,9H2. The molecule has 5 heteroatoms. The smallest absolute Gasteiger partial charge is 0.211 e. The summed E-state index contributed by atoms with van der Waals surface area (Å²) in [5.74, 6) is -0.775. The number of allylic oxidation sites excluding steroid dienone is 6. The summed E-state index contributed by atoms with van der Waals surface area (Å²) < 4.78 is 0. The summed E-state index contributed by atoms with van der Waals surface area (Å²) in [5, 5.41) is 3.01. The van der Waals surface area contributed by atoms with Crippen LogP contribution < -0.4 is 5.32 Å². The maximum atomic E-state index is 12.9. The molecule has 4 rings (SSSR count). The third-order valence-electron chi connectivity index (χ3n) is 4.42. The van der Waals surface area contributed by atoms with E-state index >= 15 is 0 Å². The Morgan fingerprint density at radius 3 is 2.82 bits per heavy atom. The largest absolute Gasteiger partial charge is 0.381 e. The number of Topliss-reactive ketones (excluding diaryl/α,β-unsaturated/α-hetero) is 2. The Kier molecular flexibility index (Phi) is 2.54. The fraction of sp³-hybridized carbons (Fsp3) is 0.176. The number of carbonyl (C=O) groups excluding carboxylic acids is 3. The van der Waals surface area contributed by atoms with Gasteiger partial charge in [-0.3, -0.25) is 19.4 Å². The molecule has 2 heterocycles. The van der Waals surface area contributed by atoms with Crippen LogP contribution in [0.1, 0.15) is 27.3 Å². The quantitative estimate of drug-likeness (QED) is 0.782. The van der Waals surface area contributed by atoms with E-state index in [4.69, 9.17) is 0 Å². The van der Waals surface area contributed by atoms with E-state index in [1.54, 1.807) is 30.4 Å². The van der Waals surface area contributed by atoms with Gasteiger partial charge in [-0.2, -0.15) is 0 Å². The van der Waals surface area contributed by atoms with Gasteiger partial charge in [0.05, 0.1) is 16.7 Å². The Morgan fingerprint density at radius 1 is 1.14 bits per heavy atom. The van der Waals surface area contributed by atoms with Gasteiger partial charge < -0.3 is 5.32 Å². The van der Waals surface area contributed by atoms with Gasteiger partial charge >= 0.3 is 0 Å². The molecule has 1 atom stereocenters. The lowest BCUT2D eigenvalue weighted by Crippen LogP contribution is -2.47. The molecule has 22 heavy (non-hydrogen) atoms. The van der Waals surface area contributed by atoms with E-state index in [1.807, 2.05) is 0 Å². The molecule has 1 aromatic heterocycles. The molecule has 0 bridgehead atoms. The van der Waals surface area contributed by atoms with Crippen molar-refractivity contribution >= 4 is 17.3 Å². The zero-order valence-corrected chi connectivity index (χ0v) is 11.6. The second kappa shape index (κ2) is 4.34. The summed E-state index contributed by atoms with van der Waals surface area (Å²) in [5.41, 5.74) is -0.147. The Balaban J connectivity index is 1.99. The highest BCUT2D eigenvalue weighted by Gasteiger charge is 2.50. The molecule has 0 aromatic carbocycles. The van der Waals surface area contributed by atoms with Crippen LogP contribution in [0, 0.1) is 5.41 Å². The number of carbonyl (C=O) groups is 3. The third kappa shape index (κ3) is 1.48. The van der Waals surface area contributed by atoms with Crippen LogP contribution in [0.2, 0.25) is 0 Å². The molecule has 0 saturated carbocycles. The predicted molar refractivity (Wildman–Crippen MR) is 78.3 cm³/mol. The van der Waals surface area contributed by atoms with Crippen molar-refractivity contribution < 1.29 is 14.4 Å². The molecule has 0 radical (unpaired) electrons. The first-order chi connectivity index (χ1) is 10.6. The second-order valence-electron chi connectivity index (χ2n) is 5.54. The first-order valence-corrected chi connectivity index (χ1v) is 7.08. The summed E-state index contributed by atoms with van der Waals surface area (Å²) in [6.07, 6.45) is 8.52. The molecule has 1 spiro atoms. The SMILES string of the molecule is O=C1C2=C(C(=O)c3ncccc31)C1(C=CC=CC1=O)CCN2. The molecule has 0 amide bonds. The number of fused-ring (bicyclic) bond motifs is 2. The third-order valence-corrected chi connectivity index (χ3v) is 4.42. The zero-order chi connectivity index (χ0) is 15.3. The zero-order valence-electron chi connectivity index (χ0n) is 11.6.